The van der Waals surface area contributed by atoms with Gasteiger partial charge in [-0.25, -0.2) is 4.79 Å². The molecule has 0 radical (unpaired) electrons. The highest BCUT2D eigenvalue weighted by molar-refractivity contribution is 6.09. The van der Waals surface area contributed by atoms with Gasteiger partial charge in [0.05, 0.1) is 0 Å². The Balaban J connectivity index is 1.29. The van der Waals surface area contributed by atoms with E-state index in [-0.39, 0.29) is 23.9 Å². The lowest BCUT2D eigenvalue weighted by Crippen LogP contribution is -2.61. The maximum atomic E-state index is 13.0. The molecule has 0 spiro atoms. The first-order valence-electron chi connectivity index (χ1n) is 10.4. The number of benzene rings is 1. The number of carbonyl (C=O) groups is 3. The summed E-state index contributed by atoms with van der Waals surface area (Å²) in [5, 5.41) is 6.02. The van der Waals surface area contributed by atoms with Crippen molar-refractivity contribution in [3.8, 4) is 0 Å². The monoisotopic (exact) mass is 381 g/mol. The minimum absolute atomic E-state index is 0.117. The third kappa shape index (κ3) is 2.73. The summed E-state index contributed by atoms with van der Waals surface area (Å²) in [4.78, 5) is 39.4. The number of hydrogen-bond acceptors (Lipinski definition) is 3. The predicted octanol–water partition coefficient (Wildman–Crippen LogP) is 2.54. The van der Waals surface area contributed by atoms with E-state index >= 15 is 0 Å². The zero-order valence-corrected chi connectivity index (χ0v) is 16.2. The van der Waals surface area contributed by atoms with Gasteiger partial charge in [0.25, 0.3) is 5.91 Å². The first-order valence-corrected chi connectivity index (χ1v) is 10.4. The molecule has 4 aliphatic carbocycles. The van der Waals surface area contributed by atoms with E-state index in [1.54, 1.807) is 6.92 Å². The largest absolute Gasteiger partial charge is 0.349 e. The van der Waals surface area contributed by atoms with Gasteiger partial charge in [-0.1, -0.05) is 30.3 Å². The third-order valence-corrected chi connectivity index (χ3v) is 7.37. The number of nitrogens with zero attached hydrogens (tertiary/aromatic N) is 1. The summed E-state index contributed by atoms with van der Waals surface area (Å²) >= 11 is 0. The Morgan fingerprint density at radius 2 is 1.64 bits per heavy atom. The van der Waals surface area contributed by atoms with E-state index < -0.39 is 11.6 Å². The second-order valence-corrected chi connectivity index (χ2v) is 9.56. The lowest BCUT2D eigenvalue weighted by molar-refractivity contribution is -0.136. The Morgan fingerprint density at radius 3 is 2.21 bits per heavy atom. The average Bonchev–Trinajstić information content (AvgIpc) is 2.85. The number of amides is 4. The van der Waals surface area contributed by atoms with E-state index in [4.69, 9.17) is 0 Å². The fraction of sp³-hybridized carbons (Fsp3) is 0.591. The Morgan fingerprint density at radius 1 is 1.07 bits per heavy atom. The van der Waals surface area contributed by atoms with Crippen LogP contribution in [-0.4, -0.2) is 34.8 Å². The summed E-state index contributed by atoms with van der Waals surface area (Å²) in [6.45, 7) is 1.48. The molecule has 4 saturated carbocycles. The van der Waals surface area contributed by atoms with E-state index in [9.17, 15) is 14.4 Å². The van der Waals surface area contributed by atoms with Crippen molar-refractivity contribution in [1.29, 1.82) is 0 Å². The van der Waals surface area contributed by atoms with Crippen molar-refractivity contribution < 1.29 is 14.4 Å². The average molecular weight is 381 g/mol. The summed E-state index contributed by atoms with van der Waals surface area (Å²) < 4.78 is 0. The van der Waals surface area contributed by atoms with E-state index in [1.807, 2.05) is 30.3 Å². The Kier molecular flexibility index (Phi) is 3.83. The molecule has 1 aliphatic heterocycles. The quantitative estimate of drug-likeness (QED) is 0.787. The molecule has 5 fully saturated rings. The number of imide groups is 1. The molecule has 1 aromatic carbocycles. The SMILES string of the molecule is C[C@]1(c2ccccc2)NC(=O)N(CC(=O)NC23CC4CC(CC(C4)C2)C3)C1=O. The van der Waals surface area contributed by atoms with Gasteiger partial charge in [-0.3, -0.25) is 14.5 Å². The van der Waals surface area contributed by atoms with Crippen LogP contribution >= 0.6 is 0 Å². The smallest absolute Gasteiger partial charge is 0.325 e. The van der Waals surface area contributed by atoms with Crippen LogP contribution in [0.4, 0.5) is 4.79 Å². The van der Waals surface area contributed by atoms with Gasteiger partial charge in [-0.2, -0.15) is 0 Å². The van der Waals surface area contributed by atoms with Crippen LogP contribution in [0.3, 0.4) is 0 Å². The van der Waals surface area contributed by atoms with Crippen molar-refractivity contribution >= 4 is 17.8 Å². The van der Waals surface area contributed by atoms with E-state index in [0.717, 1.165) is 47.5 Å². The van der Waals surface area contributed by atoms with Crippen LogP contribution in [-0.2, 0) is 15.1 Å². The maximum absolute atomic E-state index is 13.0. The van der Waals surface area contributed by atoms with Gasteiger partial charge in [0.1, 0.15) is 12.1 Å². The molecule has 1 aromatic rings. The molecular weight excluding hydrogens is 354 g/mol. The summed E-state index contributed by atoms with van der Waals surface area (Å²) in [6.07, 6.45) is 7.05. The van der Waals surface area contributed by atoms with Crippen LogP contribution in [0, 0.1) is 17.8 Å². The van der Waals surface area contributed by atoms with Crippen molar-refractivity contribution in [2.24, 2.45) is 17.8 Å². The predicted molar refractivity (Wildman–Crippen MR) is 103 cm³/mol. The number of urea groups is 1. The van der Waals surface area contributed by atoms with Crippen LogP contribution < -0.4 is 10.6 Å². The number of nitrogens with one attached hydrogen (secondary N) is 2. The third-order valence-electron chi connectivity index (χ3n) is 7.37. The lowest BCUT2D eigenvalue weighted by atomic mass is 9.53. The lowest BCUT2D eigenvalue weighted by Gasteiger charge is -2.56. The van der Waals surface area contributed by atoms with E-state index in [1.165, 1.54) is 19.3 Å². The van der Waals surface area contributed by atoms with Crippen molar-refractivity contribution in [1.82, 2.24) is 15.5 Å². The van der Waals surface area contributed by atoms with Gasteiger partial charge in [-0.15, -0.1) is 0 Å². The van der Waals surface area contributed by atoms with Crippen molar-refractivity contribution in [2.75, 3.05) is 6.54 Å². The van der Waals surface area contributed by atoms with Gasteiger partial charge in [0.2, 0.25) is 5.91 Å². The molecule has 1 atom stereocenters. The van der Waals surface area contributed by atoms with Gasteiger partial charge in [0, 0.05) is 5.54 Å². The second kappa shape index (κ2) is 6.06. The Labute approximate surface area is 165 Å². The van der Waals surface area contributed by atoms with E-state index in [2.05, 4.69) is 10.6 Å². The van der Waals surface area contributed by atoms with Crippen LogP contribution in [0.15, 0.2) is 30.3 Å². The maximum Gasteiger partial charge on any atom is 0.325 e. The number of carbonyl (C=O) groups excluding carboxylic acids is 3. The minimum Gasteiger partial charge on any atom is -0.349 e. The van der Waals surface area contributed by atoms with Crippen LogP contribution in [0.25, 0.3) is 0 Å². The molecule has 2 N–H and O–H groups in total. The zero-order valence-electron chi connectivity index (χ0n) is 16.2. The molecule has 6 heteroatoms. The fourth-order valence-corrected chi connectivity index (χ4v) is 6.55. The fourth-order valence-electron chi connectivity index (χ4n) is 6.55. The normalized spacial score (nSPS) is 38.6. The standard InChI is InChI=1S/C22H27N3O3/c1-21(17-5-3-2-4-6-17)19(27)25(20(28)24-21)13-18(26)23-22-10-14-7-15(11-22)9-16(8-14)12-22/h2-6,14-16H,7-13H2,1H3,(H,23,26)(H,24,28)/t14?,15?,16?,21-,22?/m1/s1. The highest BCUT2D eigenvalue weighted by Crippen LogP contribution is 2.55. The van der Waals surface area contributed by atoms with Crippen molar-refractivity contribution in [3.63, 3.8) is 0 Å². The summed E-state index contributed by atoms with van der Waals surface area (Å²) in [5.74, 6) is 1.59. The molecule has 0 aromatic heterocycles. The highest BCUT2D eigenvalue weighted by atomic mass is 16.2. The molecule has 5 aliphatic rings. The first-order chi connectivity index (χ1) is 13.4. The molecule has 4 bridgehead atoms. The molecule has 1 heterocycles. The molecular formula is C22H27N3O3. The Hall–Kier alpha value is -2.37. The summed E-state index contributed by atoms with van der Waals surface area (Å²) in [5.41, 5.74) is -0.523. The first kappa shape index (κ1) is 17.7. The van der Waals surface area contributed by atoms with Crippen molar-refractivity contribution in [2.45, 2.75) is 56.5 Å². The van der Waals surface area contributed by atoms with Crippen LogP contribution in [0.5, 0.6) is 0 Å². The molecule has 6 rings (SSSR count). The van der Waals surface area contributed by atoms with Gasteiger partial charge >= 0.3 is 6.03 Å². The van der Waals surface area contributed by atoms with Gasteiger partial charge in [0.15, 0.2) is 0 Å². The minimum atomic E-state index is -1.13. The Bertz CT molecular complexity index is 801. The molecule has 148 valence electrons. The molecule has 28 heavy (non-hydrogen) atoms. The number of hydrogen-bond donors (Lipinski definition) is 2. The second-order valence-electron chi connectivity index (χ2n) is 9.56. The molecule has 1 saturated heterocycles. The van der Waals surface area contributed by atoms with Gasteiger partial charge in [-0.05, 0) is 68.8 Å². The van der Waals surface area contributed by atoms with Crippen LogP contribution in [0.2, 0.25) is 0 Å². The van der Waals surface area contributed by atoms with Gasteiger partial charge < -0.3 is 10.6 Å². The number of rotatable bonds is 4. The zero-order chi connectivity index (χ0) is 19.5. The molecule has 4 amide bonds. The highest BCUT2D eigenvalue weighted by Gasteiger charge is 2.53. The van der Waals surface area contributed by atoms with E-state index in [0.29, 0.717) is 0 Å². The molecule has 0 unspecified atom stereocenters. The topological polar surface area (TPSA) is 78.5 Å². The van der Waals surface area contributed by atoms with Crippen LogP contribution in [0.1, 0.15) is 51.0 Å². The summed E-state index contributed by atoms with van der Waals surface area (Å²) in [6, 6.07) is 8.67. The van der Waals surface area contributed by atoms with Crippen molar-refractivity contribution in [3.05, 3.63) is 35.9 Å². The molecule has 6 nitrogen and oxygen atoms in total. The summed E-state index contributed by atoms with van der Waals surface area (Å²) in [7, 11) is 0.